The molecular weight excluding hydrogens is 286 g/mol. The van der Waals surface area contributed by atoms with Crippen LogP contribution in [0.3, 0.4) is 0 Å². The van der Waals surface area contributed by atoms with Crippen LogP contribution in [0, 0.1) is 0 Å². The van der Waals surface area contributed by atoms with E-state index in [1.54, 1.807) is 18.2 Å². The summed E-state index contributed by atoms with van der Waals surface area (Å²) in [5.41, 5.74) is 1.45. The van der Waals surface area contributed by atoms with Gasteiger partial charge in [-0.2, -0.15) is 0 Å². The molecule has 0 radical (unpaired) electrons. The molecule has 3 nitrogen and oxygen atoms in total. The van der Waals surface area contributed by atoms with E-state index in [1.807, 2.05) is 11.4 Å². The van der Waals surface area contributed by atoms with E-state index < -0.39 is 18.9 Å². The molecule has 0 saturated carbocycles. The highest BCUT2D eigenvalue weighted by Crippen LogP contribution is 2.27. The topological polar surface area (TPSA) is 41.1 Å². The van der Waals surface area contributed by atoms with Crippen molar-refractivity contribution in [1.82, 2.24) is 10.6 Å². The number of amides is 1. The van der Waals surface area contributed by atoms with Gasteiger partial charge in [-0.25, -0.2) is 8.78 Å². The summed E-state index contributed by atoms with van der Waals surface area (Å²) >= 11 is 0. The molecule has 0 spiro atoms. The Morgan fingerprint density at radius 3 is 2.75 bits per heavy atom. The number of carbonyl (C=O) groups excluding carboxylic acids is 1. The average Bonchev–Trinajstić information content (AvgIpc) is 2.48. The summed E-state index contributed by atoms with van der Waals surface area (Å²) in [5.74, 6) is -0.509. The smallest absolute Gasteiger partial charge is 0.253 e. The minimum Gasteiger partial charge on any atom is -0.320 e. The fourth-order valence-electron chi connectivity index (χ4n) is 2.39. The van der Waals surface area contributed by atoms with Gasteiger partial charge in [0.05, 0.1) is 0 Å². The maximum Gasteiger partial charge on any atom is 0.253 e. The molecular formula is C14H19ClF2N2O. The Morgan fingerprint density at radius 2 is 2.10 bits per heavy atom. The maximum atomic E-state index is 13.8. The molecule has 20 heavy (non-hydrogen) atoms. The Balaban J connectivity index is 0.00000200. The molecule has 1 aliphatic heterocycles. The largest absolute Gasteiger partial charge is 0.320 e. The van der Waals surface area contributed by atoms with Gasteiger partial charge in [0, 0.05) is 5.56 Å². The van der Waals surface area contributed by atoms with E-state index in [1.165, 1.54) is 0 Å². The van der Waals surface area contributed by atoms with Gasteiger partial charge < -0.3 is 10.6 Å². The second-order valence-corrected chi connectivity index (χ2v) is 4.76. The van der Waals surface area contributed by atoms with Gasteiger partial charge in [-0.1, -0.05) is 24.3 Å². The van der Waals surface area contributed by atoms with Crippen LogP contribution >= 0.6 is 12.4 Å². The summed E-state index contributed by atoms with van der Waals surface area (Å²) in [6, 6.07) is 7.12. The Morgan fingerprint density at radius 1 is 1.40 bits per heavy atom. The molecule has 112 valence electrons. The molecule has 1 aliphatic rings. The molecule has 1 saturated heterocycles. The predicted octanol–water partition coefficient (Wildman–Crippen LogP) is 2.63. The molecule has 0 aliphatic carbocycles. The van der Waals surface area contributed by atoms with Gasteiger partial charge in [-0.3, -0.25) is 4.79 Å². The number of nitrogens with one attached hydrogen (secondary N) is 2. The van der Waals surface area contributed by atoms with Gasteiger partial charge in [0.2, 0.25) is 0 Å². The molecule has 1 heterocycles. The van der Waals surface area contributed by atoms with Gasteiger partial charge in [0.1, 0.15) is 0 Å². The van der Waals surface area contributed by atoms with Crippen LogP contribution in [-0.2, 0) is 4.79 Å². The number of rotatable bonds is 4. The lowest BCUT2D eigenvalue weighted by Gasteiger charge is -2.23. The van der Waals surface area contributed by atoms with Crippen LogP contribution in [0.25, 0.3) is 0 Å². The first-order chi connectivity index (χ1) is 9.20. The molecule has 1 fully saturated rings. The Bertz CT molecular complexity index is 439. The molecule has 6 heteroatoms. The fourth-order valence-corrected chi connectivity index (χ4v) is 2.39. The number of hydrogen-bond acceptors (Lipinski definition) is 2. The van der Waals surface area contributed by atoms with Crippen LogP contribution in [0.4, 0.5) is 8.78 Å². The fraction of sp³-hybridized carbons (Fsp3) is 0.500. The molecule has 2 rings (SSSR count). The summed E-state index contributed by atoms with van der Waals surface area (Å²) in [7, 11) is 0. The summed E-state index contributed by atoms with van der Waals surface area (Å²) in [5, 5.41) is 5.27. The van der Waals surface area contributed by atoms with Crippen LogP contribution in [0.2, 0.25) is 0 Å². The van der Waals surface area contributed by atoms with Crippen molar-refractivity contribution in [3.63, 3.8) is 0 Å². The van der Waals surface area contributed by atoms with E-state index in [-0.39, 0.29) is 12.4 Å². The summed E-state index contributed by atoms with van der Waals surface area (Å²) in [6.07, 6.45) is 0.402. The molecule has 0 bridgehead atoms. The van der Waals surface area contributed by atoms with Crippen molar-refractivity contribution in [2.75, 3.05) is 19.8 Å². The third-order valence-electron chi connectivity index (χ3n) is 3.42. The molecule has 1 unspecified atom stereocenters. The van der Waals surface area contributed by atoms with Gasteiger partial charge in [-0.05, 0) is 37.4 Å². The molecule has 0 aromatic heterocycles. The van der Waals surface area contributed by atoms with Crippen LogP contribution in [-0.4, -0.2) is 25.7 Å². The van der Waals surface area contributed by atoms with E-state index in [9.17, 15) is 13.6 Å². The Hall–Kier alpha value is -1.20. The van der Waals surface area contributed by atoms with Gasteiger partial charge in [-0.15, -0.1) is 12.4 Å². The highest BCUT2D eigenvalue weighted by Gasteiger charge is 2.18. The Kier molecular flexibility index (Phi) is 6.88. The Labute approximate surface area is 123 Å². The number of piperidine rings is 1. The zero-order valence-corrected chi connectivity index (χ0v) is 11.9. The molecule has 1 atom stereocenters. The lowest BCUT2D eigenvalue weighted by molar-refractivity contribution is -0.123. The average molecular weight is 305 g/mol. The number of benzene rings is 1. The first-order valence-corrected chi connectivity index (χ1v) is 6.50. The van der Waals surface area contributed by atoms with Crippen LogP contribution in [0.15, 0.2) is 24.3 Å². The minimum atomic E-state index is -1.65. The highest BCUT2D eigenvalue weighted by atomic mass is 35.5. The van der Waals surface area contributed by atoms with Crippen molar-refractivity contribution in [3.8, 4) is 0 Å². The molecule has 1 amide bonds. The summed E-state index contributed by atoms with van der Waals surface area (Å²) in [6.45, 7) is 0.730. The van der Waals surface area contributed by atoms with Crippen molar-refractivity contribution in [3.05, 3.63) is 35.4 Å². The normalized spacial score (nSPS) is 17.1. The van der Waals surface area contributed by atoms with Crippen molar-refractivity contribution in [2.45, 2.75) is 25.1 Å². The number of hydrogen-bond donors (Lipinski definition) is 2. The minimum absolute atomic E-state index is 0. The zero-order chi connectivity index (χ0) is 13.7. The second-order valence-electron chi connectivity index (χ2n) is 4.76. The van der Waals surface area contributed by atoms with Crippen LogP contribution in [0.1, 0.15) is 36.2 Å². The monoisotopic (exact) mass is 304 g/mol. The van der Waals surface area contributed by atoms with Crippen LogP contribution < -0.4 is 10.6 Å². The zero-order valence-electron chi connectivity index (χ0n) is 11.1. The first kappa shape index (κ1) is 16.9. The first-order valence-electron chi connectivity index (χ1n) is 6.50. The van der Waals surface area contributed by atoms with Crippen molar-refractivity contribution < 1.29 is 13.6 Å². The molecule has 2 N–H and O–H groups in total. The van der Waals surface area contributed by atoms with Gasteiger partial charge in [0.15, 0.2) is 13.0 Å². The standard InChI is InChI=1S/C14H18F2N2O.ClH/c15-9-13(19)18-14(16)12-3-1-2-11(8-12)10-4-6-17-7-5-10;/h1-3,8,10,14,17H,4-7,9H2,(H,18,19);1H. The van der Waals surface area contributed by atoms with Gasteiger partial charge >= 0.3 is 0 Å². The van der Waals surface area contributed by atoms with Crippen molar-refractivity contribution in [2.24, 2.45) is 0 Å². The number of carbonyl (C=O) groups is 1. The lowest BCUT2D eigenvalue weighted by Crippen LogP contribution is -2.28. The quantitative estimate of drug-likeness (QED) is 0.840. The van der Waals surface area contributed by atoms with E-state index in [2.05, 4.69) is 5.32 Å². The SMILES string of the molecule is Cl.O=C(CF)NC(F)c1cccc(C2CCNCC2)c1. The lowest BCUT2D eigenvalue weighted by atomic mass is 9.89. The van der Waals surface area contributed by atoms with E-state index >= 15 is 0 Å². The number of alkyl halides is 2. The van der Waals surface area contributed by atoms with E-state index in [0.29, 0.717) is 11.5 Å². The molecule has 1 aromatic carbocycles. The van der Waals surface area contributed by atoms with E-state index in [0.717, 1.165) is 31.5 Å². The summed E-state index contributed by atoms with van der Waals surface area (Å²) in [4.78, 5) is 10.8. The van der Waals surface area contributed by atoms with Crippen LogP contribution in [0.5, 0.6) is 0 Å². The highest BCUT2D eigenvalue weighted by molar-refractivity contribution is 5.85. The summed E-state index contributed by atoms with van der Waals surface area (Å²) < 4.78 is 25.9. The predicted molar refractivity (Wildman–Crippen MR) is 76.5 cm³/mol. The molecule has 1 aromatic rings. The second kappa shape index (κ2) is 8.17. The van der Waals surface area contributed by atoms with Crippen molar-refractivity contribution in [1.29, 1.82) is 0 Å². The number of halogens is 3. The van der Waals surface area contributed by atoms with Gasteiger partial charge in [0.25, 0.3) is 5.91 Å². The van der Waals surface area contributed by atoms with E-state index in [4.69, 9.17) is 0 Å². The van der Waals surface area contributed by atoms with Crippen molar-refractivity contribution >= 4 is 18.3 Å². The third kappa shape index (κ3) is 4.42. The maximum absolute atomic E-state index is 13.8. The third-order valence-corrected chi connectivity index (χ3v) is 3.42.